The van der Waals surface area contributed by atoms with E-state index in [2.05, 4.69) is 30.1 Å². The molecule has 2 aromatic carbocycles. The second-order valence-electron chi connectivity index (χ2n) is 13.4. The fourth-order valence-electron chi connectivity index (χ4n) is 7.76. The number of ether oxygens (including phenoxy) is 2. The van der Waals surface area contributed by atoms with Crippen molar-refractivity contribution in [2.75, 3.05) is 43.6 Å². The van der Waals surface area contributed by atoms with Crippen LogP contribution < -0.4 is 15.0 Å². The van der Waals surface area contributed by atoms with Gasteiger partial charge in [0.15, 0.2) is 11.4 Å². The van der Waals surface area contributed by atoms with Gasteiger partial charge in [-0.15, -0.1) is 0 Å². The summed E-state index contributed by atoms with van der Waals surface area (Å²) in [6, 6.07) is 10.7. The van der Waals surface area contributed by atoms with E-state index < -0.39 is 30.0 Å². The van der Waals surface area contributed by atoms with Crippen LogP contribution in [0.15, 0.2) is 61.1 Å². The average molecular weight is 765 g/mol. The maximum Gasteiger partial charge on any atom is 0.387 e. The number of amides is 1. The van der Waals surface area contributed by atoms with E-state index in [-0.39, 0.29) is 30.8 Å². The van der Waals surface area contributed by atoms with Gasteiger partial charge < -0.3 is 29.2 Å². The predicted octanol–water partition coefficient (Wildman–Crippen LogP) is 5.94. The Kier molecular flexibility index (Phi) is 9.66. The lowest BCUT2D eigenvalue weighted by atomic mass is 10.1. The quantitative estimate of drug-likeness (QED) is 0.216. The van der Waals surface area contributed by atoms with E-state index in [1.807, 2.05) is 39.5 Å². The molecule has 1 amide bonds. The third kappa shape index (κ3) is 6.74. The zero-order valence-electron chi connectivity index (χ0n) is 29.7. The minimum atomic E-state index is -3.20. The van der Waals surface area contributed by atoms with Gasteiger partial charge in [-0.2, -0.15) is 13.9 Å². The van der Waals surface area contributed by atoms with Crippen LogP contribution in [-0.4, -0.2) is 103 Å². The number of nitrogens with one attached hydrogen (secondary N) is 1. The molecule has 0 aliphatic carbocycles. The molecule has 0 radical (unpaired) electrons. The zero-order chi connectivity index (χ0) is 38.4. The molecule has 13 nitrogen and oxygen atoms in total. The number of carbonyl (C=O) groups excluding carboxylic acids is 1. The first kappa shape index (κ1) is 36.1. The number of fused-ring (bicyclic) bond motifs is 8. The Labute approximate surface area is 312 Å². The molecule has 6 bridgehead atoms. The normalized spacial score (nSPS) is 19.8. The van der Waals surface area contributed by atoms with E-state index in [0.717, 1.165) is 17.6 Å². The van der Waals surface area contributed by atoms with Crippen LogP contribution in [0.4, 0.5) is 33.6 Å². The number of imidazole rings is 1. The molecule has 0 unspecified atom stereocenters. The van der Waals surface area contributed by atoms with E-state index in [1.54, 1.807) is 0 Å². The van der Waals surface area contributed by atoms with Crippen molar-refractivity contribution in [2.45, 2.75) is 51.1 Å². The second-order valence-corrected chi connectivity index (χ2v) is 13.4. The monoisotopic (exact) mass is 764 g/mol. The van der Waals surface area contributed by atoms with Crippen LogP contribution in [0.3, 0.4) is 0 Å². The molecule has 18 heteroatoms. The molecule has 9 rings (SSSR count). The molecule has 2 fully saturated rings. The second kappa shape index (κ2) is 14.7. The number of benzene rings is 2. The molecule has 4 aromatic heterocycles. The van der Waals surface area contributed by atoms with Crippen molar-refractivity contribution < 1.29 is 37.6 Å². The van der Waals surface area contributed by atoms with Gasteiger partial charge in [-0.25, -0.2) is 33.4 Å². The standard InChI is InChI=1S/C36H32F4N10O3.CH3F.H2/c1-19-44-27-11-21(38)10-24-26-4-2-5-31(46-26)45-22-13-29(35(51)47-8-3-9-52-23(16-47)17-48(19)32(24)27)49(15-22)33-25-14-43-50(34(25)42-18-41-33)28-7-6-20(37)12-30(28)53-36(39)40;1-2;/h2,4-7,10-12,14,18,22-23,29,36H,3,8-9,13,15-17H2,1H3,(H,45,46);1H3;1H/t22-,23+,29-;;/m0../s1. The van der Waals surface area contributed by atoms with Crippen LogP contribution in [0.25, 0.3) is 39.0 Å². The summed E-state index contributed by atoms with van der Waals surface area (Å²) in [5, 5.41) is 8.36. The van der Waals surface area contributed by atoms with Crippen molar-refractivity contribution in [2.24, 2.45) is 0 Å². The molecule has 55 heavy (non-hydrogen) atoms. The maximum atomic E-state index is 15.0. The number of halogens is 5. The van der Waals surface area contributed by atoms with Crippen LogP contribution >= 0.6 is 0 Å². The van der Waals surface area contributed by atoms with E-state index in [0.29, 0.717) is 92.4 Å². The molecular formula is C37H37F5N10O3. The average Bonchev–Trinajstić information content (AvgIpc) is 3.81. The van der Waals surface area contributed by atoms with Crippen molar-refractivity contribution in [3.8, 4) is 22.7 Å². The molecule has 6 aromatic rings. The van der Waals surface area contributed by atoms with Gasteiger partial charge in [0.2, 0.25) is 5.91 Å². The lowest BCUT2D eigenvalue weighted by Crippen LogP contribution is -2.48. The van der Waals surface area contributed by atoms with Crippen molar-refractivity contribution in [3.05, 3.63) is 78.5 Å². The molecule has 7 heterocycles. The summed E-state index contributed by atoms with van der Waals surface area (Å²) in [4.78, 5) is 37.0. The van der Waals surface area contributed by atoms with Gasteiger partial charge in [-0.3, -0.25) is 9.18 Å². The van der Waals surface area contributed by atoms with Crippen LogP contribution in [0.5, 0.6) is 5.75 Å². The molecule has 3 atom stereocenters. The molecule has 0 saturated carbocycles. The Morgan fingerprint density at radius 3 is 2.71 bits per heavy atom. The molecule has 1 N–H and O–H groups in total. The fraction of sp³-hybridized carbons (Fsp3) is 0.351. The minimum Gasteiger partial charge on any atom is -0.432 e. The van der Waals surface area contributed by atoms with Crippen LogP contribution in [0.2, 0.25) is 0 Å². The number of anilines is 2. The number of carbonyl (C=O) groups is 1. The van der Waals surface area contributed by atoms with Crippen molar-refractivity contribution in [1.82, 2.24) is 39.2 Å². The van der Waals surface area contributed by atoms with Gasteiger partial charge in [0.1, 0.15) is 47.2 Å². The minimum absolute atomic E-state index is 0. The van der Waals surface area contributed by atoms with Gasteiger partial charge >= 0.3 is 6.61 Å². The van der Waals surface area contributed by atoms with E-state index in [1.165, 1.54) is 35.4 Å². The lowest BCUT2D eigenvalue weighted by molar-refractivity contribution is -0.133. The maximum absolute atomic E-state index is 15.0. The van der Waals surface area contributed by atoms with Gasteiger partial charge in [-0.05, 0) is 50.1 Å². The van der Waals surface area contributed by atoms with Gasteiger partial charge in [0.05, 0.1) is 48.1 Å². The smallest absolute Gasteiger partial charge is 0.387 e. The van der Waals surface area contributed by atoms with E-state index in [4.69, 9.17) is 9.72 Å². The highest BCUT2D eigenvalue weighted by Gasteiger charge is 2.42. The first-order valence-electron chi connectivity index (χ1n) is 17.6. The molecule has 0 spiro atoms. The predicted molar refractivity (Wildman–Crippen MR) is 194 cm³/mol. The Bertz CT molecular complexity index is 2400. The summed E-state index contributed by atoms with van der Waals surface area (Å²) >= 11 is 0. The number of hydrogen-bond acceptors (Lipinski definition) is 10. The number of hydrogen-bond donors (Lipinski definition) is 1. The SMILES string of the molecule is CF.Cc1nc2cc(F)cc3c2n1C[C@H]1CN(CCCO1)C(=O)[C@@H]1C[C@@H](CN1c1ncnc2c1cnn2-c1ccc(F)cc1OC(F)F)Nc1cccc-3n1.[HH]. The summed E-state index contributed by atoms with van der Waals surface area (Å²) in [5.74, 6) is -0.0767. The van der Waals surface area contributed by atoms with Crippen molar-refractivity contribution >= 4 is 39.6 Å². The number of pyridine rings is 1. The number of nitrogens with zero attached hydrogens (tertiary/aromatic N) is 9. The number of rotatable bonds is 4. The van der Waals surface area contributed by atoms with Crippen LogP contribution in [0.1, 0.15) is 20.1 Å². The third-order valence-corrected chi connectivity index (χ3v) is 9.99. The topological polar surface area (TPSA) is 128 Å². The third-order valence-electron chi connectivity index (χ3n) is 9.99. The van der Waals surface area contributed by atoms with Gasteiger partial charge in [0, 0.05) is 51.4 Å². The highest BCUT2D eigenvalue weighted by Crippen LogP contribution is 2.36. The summed E-state index contributed by atoms with van der Waals surface area (Å²) in [5.41, 5.74) is 2.70. The molecule has 3 aliphatic rings. The number of aromatic nitrogens is 7. The highest BCUT2D eigenvalue weighted by atomic mass is 19.3. The lowest BCUT2D eigenvalue weighted by Gasteiger charge is -2.31. The summed E-state index contributed by atoms with van der Waals surface area (Å²) in [6.45, 7) is 0.636. The molecule has 288 valence electrons. The molecule has 2 saturated heterocycles. The highest BCUT2D eigenvalue weighted by molar-refractivity contribution is 5.94. The van der Waals surface area contributed by atoms with E-state index in [9.17, 15) is 22.4 Å². The Morgan fingerprint density at radius 2 is 1.87 bits per heavy atom. The Hall–Kier alpha value is -5.91. The van der Waals surface area contributed by atoms with E-state index >= 15 is 4.39 Å². The van der Waals surface area contributed by atoms with Gasteiger partial charge in [-0.1, -0.05) is 6.07 Å². The Balaban J connectivity index is 0.00000158. The largest absolute Gasteiger partial charge is 0.432 e. The van der Waals surface area contributed by atoms with Gasteiger partial charge in [0.25, 0.3) is 0 Å². The summed E-state index contributed by atoms with van der Waals surface area (Å²) in [6.07, 6.45) is 3.45. The van der Waals surface area contributed by atoms with Crippen LogP contribution in [0, 0.1) is 18.6 Å². The first-order chi connectivity index (χ1) is 26.7. The number of aryl methyl sites for hydroxylation is 1. The molecular weight excluding hydrogens is 727 g/mol. The van der Waals surface area contributed by atoms with Crippen molar-refractivity contribution in [3.63, 3.8) is 0 Å². The first-order valence-corrected chi connectivity index (χ1v) is 17.6. The van der Waals surface area contributed by atoms with Crippen LogP contribution in [-0.2, 0) is 16.1 Å². The molecule has 3 aliphatic heterocycles. The Morgan fingerprint density at radius 1 is 1.02 bits per heavy atom. The van der Waals surface area contributed by atoms with Crippen molar-refractivity contribution in [1.29, 1.82) is 0 Å². The summed E-state index contributed by atoms with van der Waals surface area (Å²) < 4.78 is 79.4. The zero-order valence-corrected chi connectivity index (χ0v) is 29.7. The summed E-state index contributed by atoms with van der Waals surface area (Å²) in [7, 11) is 0.500. The fourth-order valence-corrected chi connectivity index (χ4v) is 7.76. The number of alkyl halides is 3.